The largest absolute Gasteiger partial charge is 0.383 e. The molecule has 4 rings (SSSR count). The average molecular weight is 415 g/mol. The van der Waals surface area contributed by atoms with Crippen molar-refractivity contribution in [3.63, 3.8) is 0 Å². The lowest BCUT2D eigenvalue weighted by Crippen LogP contribution is -2.57. The molecule has 2 aliphatic rings. The van der Waals surface area contributed by atoms with E-state index in [0.717, 1.165) is 6.07 Å². The van der Waals surface area contributed by atoms with E-state index in [1.807, 2.05) is 32.0 Å². The number of aromatic nitrogens is 1. The standard InChI is InChI=1S/C23H27F2N3O2/c1-14-12-28(13-15(2)23(14,30)21-5-3-4-8-27-21)22(29)19-11-26-10-18(19)17-7-6-16(24)9-20(17)25/h3-9,14-15,18-19,26,30H,10-13H2,1-2H3/t14?,15?,18-,19+,23?/m0/s1. The van der Waals surface area contributed by atoms with Crippen molar-refractivity contribution in [1.82, 2.24) is 15.2 Å². The molecule has 1 amide bonds. The van der Waals surface area contributed by atoms with Crippen molar-refractivity contribution in [2.75, 3.05) is 26.2 Å². The van der Waals surface area contributed by atoms with Crippen molar-refractivity contribution >= 4 is 5.91 Å². The maximum Gasteiger partial charge on any atom is 0.227 e. The molecule has 0 radical (unpaired) electrons. The molecular weight excluding hydrogens is 388 g/mol. The van der Waals surface area contributed by atoms with Gasteiger partial charge in [-0.3, -0.25) is 9.78 Å². The summed E-state index contributed by atoms with van der Waals surface area (Å²) in [4.78, 5) is 19.5. The Bertz CT molecular complexity index is 912. The summed E-state index contributed by atoms with van der Waals surface area (Å²) in [7, 11) is 0. The molecule has 2 saturated heterocycles. The summed E-state index contributed by atoms with van der Waals surface area (Å²) in [5.41, 5.74) is -0.136. The van der Waals surface area contributed by atoms with Gasteiger partial charge in [-0.1, -0.05) is 26.0 Å². The molecule has 4 atom stereocenters. The molecular formula is C23H27F2N3O2. The molecule has 2 aromatic rings. The van der Waals surface area contributed by atoms with Crippen LogP contribution in [-0.4, -0.2) is 47.1 Å². The van der Waals surface area contributed by atoms with Crippen LogP contribution in [0, 0.1) is 29.4 Å². The normalized spacial score (nSPS) is 31.7. The number of hydrogen-bond acceptors (Lipinski definition) is 4. The highest BCUT2D eigenvalue weighted by Gasteiger charge is 2.49. The number of aliphatic hydroxyl groups is 1. The van der Waals surface area contributed by atoms with Gasteiger partial charge in [0.15, 0.2) is 0 Å². The van der Waals surface area contributed by atoms with E-state index < -0.39 is 23.2 Å². The van der Waals surface area contributed by atoms with Crippen molar-refractivity contribution in [3.05, 3.63) is 65.5 Å². The Kier molecular flexibility index (Phi) is 5.59. The minimum absolute atomic E-state index is 0.0597. The van der Waals surface area contributed by atoms with Crippen molar-refractivity contribution in [3.8, 4) is 0 Å². The molecule has 2 aliphatic heterocycles. The lowest BCUT2D eigenvalue weighted by Gasteiger charge is -2.48. The van der Waals surface area contributed by atoms with Crippen LogP contribution >= 0.6 is 0 Å². The minimum Gasteiger partial charge on any atom is -0.383 e. The summed E-state index contributed by atoms with van der Waals surface area (Å²) < 4.78 is 27.7. The summed E-state index contributed by atoms with van der Waals surface area (Å²) in [6.45, 7) is 5.56. The number of halogens is 2. The van der Waals surface area contributed by atoms with Crippen molar-refractivity contribution < 1.29 is 18.7 Å². The van der Waals surface area contributed by atoms with Gasteiger partial charge >= 0.3 is 0 Å². The second-order valence-corrected chi connectivity index (χ2v) is 8.62. The van der Waals surface area contributed by atoms with Crippen molar-refractivity contribution in [1.29, 1.82) is 0 Å². The van der Waals surface area contributed by atoms with Gasteiger partial charge in [-0.25, -0.2) is 8.78 Å². The second kappa shape index (κ2) is 8.04. The van der Waals surface area contributed by atoms with Gasteiger partial charge in [0.2, 0.25) is 5.91 Å². The molecule has 1 aromatic heterocycles. The number of piperidine rings is 1. The number of likely N-dealkylation sites (tertiary alicyclic amines) is 1. The summed E-state index contributed by atoms with van der Waals surface area (Å²) in [6.07, 6.45) is 1.66. The fourth-order valence-corrected chi connectivity index (χ4v) is 5.09. The molecule has 5 nitrogen and oxygen atoms in total. The first kappa shape index (κ1) is 20.9. The number of nitrogens with zero attached hydrogens (tertiary/aromatic N) is 2. The van der Waals surface area contributed by atoms with E-state index in [4.69, 9.17) is 0 Å². The number of carbonyl (C=O) groups is 1. The van der Waals surface area contributed by atoms with Crippen molar-refractivity contribution in [2.24, 2.45) is 17.8 Å². The molecule has 0 aliphatic carbocycles. The molecule has 2 unspecified atom stereocenters. The first-order valence-electron chi connectivity index (χ1n) is 10.4. The smallest absolute Gasteiger partial charge is 0.227 e. The number of benzene rings is 1. The molecule has 3 heterocycles. The van der Waals surface area contributed by atoms with Crippen LogP contribution in [0.15, 0.2) is 42.6 Å². The summed E-state index contributed by atoms with van der Waals surface area (Å²) in [5.74, 6) is -2.50. The van der Waals surface area contributed by atoms with Gasteiger partial charge in [-0.2, -0.15) is 0 Å². The van der Waals surface area contributed by atoms with E-state index >= 15 is 0 Å². The molecule has 0 spiro atoms. The topological polar surface area (TPSA) is 65.5 Å². The molecule has 160 valence electrons. The summed E-state index contributed by atoms with van der Waals surface area (Å²) >= 11 is 0. The Morgan fingerprint density at radius 3 is 2.53 bits per heavy atom. The third-order valence-corrected chi connectivity index (χ3v) is 6.77. The van der Waals surface area contributed by atoms with Gasteiger partial charge in [-0.15, -0.1) is 0 Å². The van der Waals surface area contributed by atoms with E-state index in [0.29, 0.717) is 37.4 Å². The number of nitrogens with one attached hydrogen (secondary N) is 1. The van der Waals surface area contributed by atoms with Crippen LogP contribution in [0.25, 0.3) is 0 Å². The van der Waals surface area contributed by atoms with Gasteiger partial charge in [-0.05, 0) is 23.8 Å². The van der Waals surface area contributed by atoms with E-state index in [-0.39, 0.29) is 23.7 Å². The van der Waals surface area contributed by atoms with E-state index in [1.165, 1.54) is 12.1 Å². The molecule has 2 N–H and O–H groups in total. The predicted octanol–water partition coefficient (Wildman–Crippen LogP) is 2.67. The molecule has 7 heteroatoms. The number of hydrogen-bond donors (Lipinski definition) is 2. The van der Waals surface area contributed by atoms with E-state index in [9.17, 15) is 18.7 Å². The Labute approximate surface area is 175 Å². The third kappa shape index (κ3) is 3.50. The fraction of sp³-hybridized carbons (Fsp3) is 0.478. The predicted molar refractivity (Wildman–Crippen MR) is 109 cm³/mol. The lowest BCUT2D eigenvalue weighted by molar-refractivity contribution is -0.153. The first-order chi connectivity index (χ1) is 14.3. The quantitative estimate of drug-likeness (QED) is 0.809. The monoisotopic (exact) mass is 415 g/mol. The first-order valence-corrected chi connectivity index (χ1v) is 10.4. The maximum atomic E-state index is 14.4. The van der Waals surface area contributed by atoms with Gasteiger partial charge in [0.05, 0.1) is 11.6 Å². The maximum absolute atomic E-state index is 14.4. The van der Waals surface area contributed by atoms with Crippen LogP contribution in [0.2, 0.25) is 0 Å². The zero-order valence-electron chi connectivity index (χ0n) is 17.2. The average Bonchev–Trinajstić information content (AvgIpc) is 3.21. The number of pyridine rings is 1. The molecule has 0 saturated carbocycles. The highest BCUT2D eigenvalue weighted by Crippen LogP contribution is 2.41. The van der Waals surface area contributed by atoms with Gasteiger partial charge < -0.3 is 15.3 Å². The Morgan fingerprint density at radius 1 is 1.17 bits per heavy atom. The fourth-order valence-electron chi connectivity index (χ4n) is 5.09. The van der Waals surface area contributed by atoms with Gasteiger partial charge in [0.25, 0.3) is 0 Å². The molecule has 30 heavy (non-hydrogen) atoms. The number of carbonyl (C=O) groups excluding carboxylic acids is 1. The van der Waals surface area contributed by atoms with E-state index in [2.05, 4.69) is 10.3 Å². The van der Waals surface area contributed by atoms with E-state index in [1.54, 1.807) is 11.1 Å². The zero-order valence-corrected chi connectivity index (χ0v) is 17.2. The van der Waals surface area contributed by atoms with Crippen LogP contribution in [0.3, 0.4) is 0 Å². The molecule has 2 fully saturated rings. The Balaban J connectivity index is 1.54. The van der Waals surface area contributed by atoms with Gasteiger partial charge in [0.1, 0.15) is 17.2 Å². The second-order valence-electron chi connectivity index (χ2n) is 8.62. The highest BCUT2D eigenvalue weighted by atomic mass is 19.1. The minimum atomic E-state index is -1.12. The van der Waals surface area contributed by atoms with Gasteiger partial charge in [0, 0.05) is 56.2 Å². The Hall–Kier alpha value is -2.38. The highest BCUT2D eigenvalue weighted by molar-refractivity contribution is 5.81. The van der Waals surface area contributed by atoms with Crippen LogP contribution < -0.4 is 5.32 Å². The summed E-state index contributed by atoms with van der Waals surface area (Å²) in [6, 6.07) is 9.01. The molecule has 0 bridgehead atoms. The number of amides is 1. The van der Waals surface area contributed by atoms with Crippen LogP contribution in [0.4, 0.5) is 8.78 Å². The number of rotatable bonds is 3. The van der Waals surface area contributed by atoms with Crippen LogP contribution in [0.5, 0.6) is 0 Å². The zero-order chi connectivity index (χ0) is 21.5. The SMILES string of the molecule is CC1CN(C(=O)[C@@H]2CNC[C@H]2c2ccc(F)cc2F)CC(C)C1(O)c1ccccn1. The van der Waals surface area contributed by atoms with Crippen LogP contribution in [0.1, 0.15) is 31.0 Å². The Morgan fingerprint density at radius 2 is 1.90 bits per heavy atom. The lowest BCUT2D eigenvalue weighted by atomic mass is 9.72. The van der Waals surface area contributed by atoms with Crippen molar-refractivity contribution in [2.45, 2.75) is 25.4 Å². The third-order valence-electron chi connectivity index (χ3n) is 6.77. The summed E-state index contributed by atoms with van der Waals surface area (Å²) in [5, 5.41) is 14.6. The molecule has 1 aromatic carbocycles. The van der Waals surface area contributed by atoms with Crippen LogP contribution in [-0.2, 0) is 10.4 Å².